The zero-order chi connectivity index (χ0) is 15.8. The molecule has 1 fully saturated rings. The molecule has 1 aliphatic rings. The third-order valence-corrected chi connectivity index (χ3v) is 3.83. The number of likely N-dealkylation sites (N-methyl/N-ethyl adjacent to an activating group) is 1. The van der Waals surface area contributed by atoms with Gasteiger partial charge >= 0.3 is 0 Å². The molecule has 0 heterocycles. The second kappa shape index (κ2) is 10.8. The van der Waals surface area contributed by atoms with Crippen LogP contribution in [0, 0.1) is 11.7 Å². The minimum atomic E-state index is -0.152. The van der Waals surface area contributed by atoms with Gasteiger partial charge < -0.3 is 15.0 Å². The smallest absolute Gasteiger partial charge is 0.193 e. The maximum absolute atomic E-state index is 13.5. The van der Waals surface area contributed by atoms with Gasteiger partial charge in [-0.15, -0.1) is 24.0 Å². The molecule has 0 saturated heterocycles. The van der Waals surface area contributed by atoms with Crippen LogP contribution in [-0.2, 0) is 11.2 Å². The first-order valence-corrected chi connectivity index (χ1v) is 7.93. The topological polar surface area (TPSA) is 36.9 Å². The summed E-state index contributed by atoms with van der Waals surface area (Å²) in [7, 11) is 3.74. The first-order chi connectivity index (χ1) is 10.7. The van der Waals surface area contributed by atoms with E-state index in [4.69, 9.17) is 4.74 Å². The molecule has 0 spiro atoms. The van der Waals surface area contributed by atoms with Crippen molar-refractivity contribution in [2.24, 2.45) is 10.9 Å². The minimum absolute atomic E-state index is 0. The van der Waals surface area contributed by atoms with Gasteiger partial charge in [-0.1, -0.05) is 18.2 Å². The predicted molar refractivity (Wildman–Crippen MR) is 103 cm³/mol. The van der Waals surface area contributed by atoms with Crippen molar-refractivity contribution in [2.75, 3.05) is 40.4 Å². The van der Waals surface area contributed by atoms with E-state index in [1.807, 2.05) is 24.1 Å². The summed E-state index contributed by atoms with van der Waals surface area (Å²) in [6.45, 7) is 3.04. The van der Waals surface area contributed by atoms with Crippen molar-refractivity contribution >= 4 is 29.9 Å². The van der Waals surface area contributed by atoms with E-state index in [1.165, 1.54) is 18.9 Å². The van der Waals surface area contributed by atoms with Gasteiger partial charge in [-0.3, -0.25) is 4.99 Å². The summed E-state index contributed by atoms with van der Waals surface area (Å²) < 4.78 is 19.2. The van der Waals surface area contributed by atoms with Gasteiger partial charge in [0.25, 0.3) is 0 Å². The van der Waals surface area contributed by atoms with Gasteiger partial charge in [0, 0.05) is 33.8 Å². The van der Waals surface area contributed by atoms with Gasteiger partial charge in [-0.05, 0) is 36.8 Å². The Balaban J connectivity index is 0.00000264. The number of nitrogens with zero attached hydrogens (tertiary/aromatic N) is 2. The van der Waals surface area contributed by atoms with Gasteiger partial charge in [0.1, 0.15) is 5.82 Å². The summed E-state index contributed by atoms with van der Waals surface area (Å²) in [6.07, 6.45) is 3.27. The number of halogens is 2. The molecule has 0 aromatic heterocycles. The fraction of sp³-hybridized carbons (Fsp3) is 0.588. The van der Waals surface area contributed by atoms with E-state index in [9.17, 15) is 4.39 Å². The number of hydrogen-bond donors (Lipinski definition) is 1. The van der Waals surface area contributed by atoms with E-state index >= 15 is 0 Å². The monoisotopic (exact) mass is 435 g/mol. The van der Waals surface area contributed by atoms with Crippen LogP contribution in [0.1, 0.15) is 18.4 Å². The molecule has 130 valence electrons. The van der Waals surface area contributed by atoms with Crippen molar-refractivity contribution in [2.45, 2.75) is 19.3 Å². The molecule has 0 bridgehead atoms. The van der Waals surface area contributed by atoms with Crippen LogP contribution in [0.4, 0.5) is 4.39 Å². The van der Waals surface area contributed by atoms with Crippen molar-refractivity contribution in [3.8, 4) is 0 Å². The van der Waals surface area contributed by atoms with E-state index in [0.29, 0.717) is 19.6 Å². The van der Waals surface area contributed by atoms with Crippen LogP contribution in [0.5, 0.6) is 0 Å². The Kier molecular flexibility index (Phi) is 9.47. The van der Waals surface area contributed by atoms with Gasteiger partial charge in [0.05, 0.1) is 6.61 Å². The molecule has 1 aliphatic carbocycles. The van der Waals surface area contributed by atoms with Gasteiger partial charge in [-0.25, -0.2) is 4.39 Å². The summed E-state index contributed by atoms with van der Waals surface area (Å²) in [5.41, 5.74) is 0.723. The largest absolute Gasteiger partial charge is 0.379 e. The summed E-state index contributed by atoms with van der Waals surface area (Å²) in [4.78, 5) is 6.29. The first kappa shape index (κ1) is 20.2. The summed E-state index contributed by atoms with van der Waals surface area (Å²) in [5.74, 6) is 1.45. The molecule has 1 aromatic rings. The highest BCUT2D eigenvalue weighted by Gasteiger charge is 2.21. The Morgan fingerprint density at radius 2 is 2.13 bits per heavy atom. The van der Waals surface area contributed by atoms with E-state index < -0.39 is 0 Å². The molecule has 2 rings (SSSR count). The minimum Gasteiger partial charge on any atom is -0.379 e. The van der Waals surface area contributed by atoms with Gasteiger partial charge in [-0.2, -0.15) is 0 Å². The standard InChI is InChI=1S/C17H26FN3O.HI/c1-19-17(21(2)11-12-22-13-14-7-8-14)20-10-9-15-5-3-4-6-16(15)18;/h3-6,14H,7-13H2,1-2H3,(H,19,20);1H. The lowest BCUT2D eigenvalue weighted by Gasteiger charge is -2.22. The SMILES string of the molecule is CN=C(NCCc1ccccc1F)N(C)CCOCC1CC1.I. The average Bonchev–Trinajstić information content (AvgIpc) is 3.34. The van der Waals surface area contributed by atoms with Gasteiger partial charge in [0.2, 0.25) is 0 Å². The van der Waals surface area contributed by atoms with Gasteiger partial charge in [0.15, 0.2) is 5.96 Å². The number of aliphatic imine (C=N–C) groups is 1. The van der Waals surface area contributed by atoms with Crippen molar-refractivity contribution in [3.63, 3.8) is 0 Å². The lowest BCUT2D eigenvalue weighted by molar-refractivity contribution is 0.115. The molecule has 1 aromatic carbocycles. The summed E-state index contributed by atoms with van der Waals surface area (Å²) in [6, 6.07) is 6.87. The normalized spacial score (nSPS) is 14.3. The highest BCUT2D eigenvalue weighted by atomic mass is 127. The van der Waals surface area contributed by atoms with E-state index in [-0.39, 0.29) is 29.8 Å². The number of benzene rings is 1. The predicted octanol–water partition coefficient (Wildman–Crippen LogP) is 2.92. The quantitative estimate of drug-likeness (QED) is 0.295. The number of guanidine groups is 1. The molecule has 0 aliphatic heterocycles. The fourth-order valence-electron chi connectivity index (χ4n) is 2.24. The number of ether oxygens (including phenoxy) is 1. The molecule has 0 amide bonds. The maximum Gasteiger partial charge on any atom is 0.193 e. The summed E-state index contributed by atoms with van der Waals surface area (Å²) in [5, 5.41) is 3.26. The van der Waals surface area contributed by atoms with Crippen molar-refractivity contribution in [1.29, 1.82) is 0 Å². The van der Waals surface area contributed by atoms with Crippen molar-refractivity contribution in [3.05, 3.63) is 35.6 Å². The van der Waals surface area contributed by atoms with E-state index in [2.05, 4.69) is 10.3 Å². The number of nitrogens with one attached hydrogen (secondary N) is 1. The van der Waals surface area contributed by atoms with Crippen LogP contribution in [0.25, 0.3) is 0 Å². The van der Waals surface area contributed by atoms with Crippen LogP contribution >= 0.6 is 24.0 Å². The molecule has 1 saturated carbocycles. The number of rotatable bonds is 8. The lowest BCUT2D eigenvalue weighted by atomic mass is 10.1. The molecule has 23 heavy (non-hydrogen) atoms. The van der Waals surface area contributed by atoms with Crippen LogP contribution < -0.4 is 5.32 Å². The van der Waals surface area contributed by atoms with Crippen molar-refractivity contribution in [1.82, 2.24) is 10.2 Å². The molecule has 0 atom stereocenters. The van der Waals surface area contributed by atoms with E-state index in [1.54, 1.807) is 13.1 Å². The highest BCUT2D eigenvalue weighted by molar-refractivity contribution is 14.0. The molecule has 6 heteroatoms. The Labute approximate surface area is 155 Å². The second-order valence-corrected chi connectivity index (χ2v) is 5.76. The first-order valence-electron chi connectivity index (χ1n) is 7.93. The Bertz CT molecular complexity index is 494. The molecule has 4 nitrogen and oxygen atoms in total. The zero-order valence-corrected chi connectivity index (χ0v) is 16.3. The fourth-order valence-corrected chi connectivity index (χ4v) is 2.24. The Morgan fingerprint density at radius 3 is 2.78 bits per heavy atom. The lowest BCUT2D eigenvalue weighted by Crippen LogP contribution is -2.41. The molecule has 1 N–H and O–H groups in total. The van der Waals surface area contributed by atoms with Crippen LogP contribution in [-0.4, -0.2) is 51.3 Å². The second-order valence-electron chi connectivity index (χ2n) is 5.76. The Morgan fingerprint density at radius 1 is 1.39 bits per heavy atom. The molecule has 0 radical (unpaired) electrons. The molecular formula is C17H27FIN3O. The molecule has 0 unspecified atom stereocenters. The average molecular weight is 435 g/mol. The molecular weight excluding hydrogens is 408 g/mol. The highest BCUT2D eigenvalue weighted by Crippen LogP contribution is 2.28. The zero-order valence-electron chi connectivity index (χ0n) is 13.9. The van der Waals surface area contributed by atoms with Crippen LogP contribution in [0.2, 0.25) is 0 Å². The maximum atomic E-state index is 13.5. The number of hydrogen-bond acceptors (Lipinski definition) is 2. The van der Waals surface area contributed by atoms with E-state index in [0.717, 1.165) is 30.6 Å². The van der Waals surface area contributed by atoms with Crippen molar-refractivity contribution < 1.29 is 9.13 Å². The third kappa shape index (κ3) is 7.48. The Hall–Kier alpha value is -0.890. The van der Waals surface area contributed by atoms with Crippen LogP contribution in [0.15, 0.2) is 29.3 Å². The summed E-state index contributed by atoms with van der Waals surface area (Å²) >= 11 is 0. The van der Waals surface area contributed by atoms with Crippen LogP contribution in [0.3, 0.4) is 0 Å². The third-order valence-electron chi connectivity index (χ3n) is 3.83.